The van der Waals surface area contributed by atoms with E-state index in [0.29, 0.717) is 6.54 Å². The molecule has 3 aromatic carbocycles. The van der Waals surface area contributed by atoms with Crippen LogP contribution in [0.5, 0.6) is 5.75 Å². The summed E-state index contributed by atoms with van der Waals surface area (Å²) in [6.45, 7) is 0.547. The second-order valence-electron chi connectivity index (χ2n) is 7.48. The van der Waals surface area contributed by atoms with Crippen molar-refractivity contribution in [2.75, 3.05) is 7.11 Å². The molecule has 1 aliphatic rings. The third-order valence-corrected chi connectivity index (χ3v) is 5.79. The van der Waals surface area contributed by atoms with Crippen LogP contribution < -0.4 is 4.74 Å². The van der Waals surface area contributed by atoms with Crippen LogP contribution in [0.2, 0.25) is 0 Å². The molecule has 0 saturated heterocycles. The number of fused-ring (bicyclic) bond motifs is 2. The predicted molar refractivity (Wildman–Crippen MR) is 114 cm³/mol. The number of methoxy groups -OCH3 is 1. The summed E-state index contributed by atoms with van der Waals surface area (Å²) in [5.41, 5.74) is 5.28. The Balaban J connectivity index is 1.63. The minimum atomic E-state index is -0.105. The van der Waals surface area contributed by atoms with Crippen molar-refractivity contribution < 1.29 is 9.53 Å². The van der Waals surface area contributed by atoms with Crippen molar-refractivity contribution in [3.63, 3.8) is 0 Å². The third-order valence-electron chi connectivity index (χ3n) is 5.79. The van der Waals surface area contributed by atoms with E-state index in [-0.39, 0.29) is 11.9 Å². The van der Waals surface area contributed by atoms with E-state index in [1.165, 1.54) is 10.9 Å². The Bertz CT molecular complexity index is 1210. The van der Waals surface area contributed by atoms with Crippen LogP contribution in [0, 0.1) is 0 Å². The monoisotopic (exact) mass is 382 g/mol. The van der Waals surface area contributed by atoms with Crippen LogP contribution in [0.3, 0.4) is 0 Å². The Hall–Kier alpha value is -3.53. The van der Waals surface area contributed by atoms with Gasteiger partial charge in [0.1, 0.15) is 5.75 Å². The van der Waals surface area contributed by atoms with Crippen LogP contribution in [0.4, 0.5) is 0 Å². The van der Waals surface area contributed by atoms with Crippen LogP contribution in [0.1, 0.15) is 33.1 Å². The molecule has 0 aliphatic carbocycles. The topological polar surface area (TPSA) is 34.5 Å². The molecular formula is C25H22N2O2. The Kier molecular flexibility index (Phi) is 4.13. The van der Waals surface area contributed by atoms with Gasteiger partial charge in [-0.25, -0.2) is 0 Å². The normalized spacial score (nSPS) is 15.7. The molecule has 29 heavy (non-hydrogen) atoms. The number of amides is 1. The van der Waals surface area contributed by atoms with Gasteiger partial charge in [-0.3, -0.25) is 4.79 Å². The van der Waals surface area contributed by atoms with E-state index in [9.17, 15) is 4.79 Å². The van der Waals surface area contributed by atoms with Crippen molar-refractivity contribution in [2.24, 2.45) is 7.05 Å². The zero-order valence-corrected chi connectivity index (χ0v) is 16.5. The summed E-state index contributed by atoms with van der Waals surface area (Å²) in [6, 6.07) is 24.2. The van der Waals surface area contributed by atoms with E-state index in [1.54, 1.807) is 7.11 Å². The maximum Gasteiger partial charge on any atom is 0.255 e. The quantitative estimate of drug-likeness (QED) is 0.501. The molecule has 0 spiro atoms. The van der Waals surface area contributed by atoms with E-state index in [2.05, 4.69) is 48.1 Å². The van der Waals surface area contributed by atoms with E-state index in [1.807, 2.05) is 47.4 Å². The standard InChI is InChI=1S/C25H22N2O2/c1-26-16-22(19-7-5-6-10-23(19)26)24-20-8-3-4-9-21(20)25(28)27(24)15-17-11-13-18(29-2)14-12-17/h3-14,16,24H,15H2,1-2H3/t24-/m0/s1. The van der Waals surface area contributed by atoms with Crippen molar-refractivity contribution >= 4 is 16.8 Å². The van der Waals surface area contributed by atoms with Gasteiger partial charge in [-0.1, -0.05) is 48.5 Å². The number of rotatable bonds is 4. The van der Waals surface area contributed by atoms with E-state index in [4.69, 9.17) is 4.74 Å². The van der Waals surface area contributed by atoms with Crippen molar-refractivity contribution in [1.29, 1.82) is 0 Å². The maximum atomic E-state index is 13.3. The molecule has 1 atom stereocenters. The summed E-state index contributed by atoms with van der Waals surface area (Å²) >= 11 is 0. The molecule has 0 radical (unpaired) electrons. The molecule has 144 valence electrons. The highest BCUT2D eigenvalue weighted by Gasteiger charge is 2.38. The summed E-state index contributed by atoms with van der Waals surface area (Å²) in [7, 11) is 3.72. The zero-order chi connectivity index (χ0) is 20.0. The van der Waals surface area contributed by atoms with E-state index < -0.39 is 0 Å². The molecular weight excluding hydrogens is 360 g/mol. The lowest BCUT2D eigenvalue weighted by molar-refractivity contribution is 0.0736. The number of nitrogens with zero attached hydrogens (tertiary/aromatic N) is 2. The van der Waals surface area contributed by atoms with Crippen LogP contribution in [-0.2, 0) is 13.6 Å². The molecule has 1 amide bonds. The zero-order valence-electron chi connectivity index (χ0n) is 16.5. The van der Waals surface area contributed by atoms with Gasteiger partial charge in [0.25, 0.3) is 5.91 Å². The highest BCUT2D eigenvalue weighted by molar-refractivity contribution is 6.00. The van der Waals surface area contributed by atoms with Crippen molar-refractivity contribution in [3.8, 4) is 5.75 Å². The number of benzene rings is 3. The Labute approximate surface area is 170 Å². The van der Waals surface area contributed by atoms with E-state index >= 15 is 0 Å². The van der Waals surface area contributed by atoms with Crippen molar-refractivity contribution in [3.05, 3.63) is 101 Å². The van der Waals surface area contributed by atoms with Gasteiger partial charge in [0, 0.05) is 41.8 Å². The molecule has 4 heteroatoms. The second kappa shape index (κ2) is 6.82. The maximum absolute atomic E-state index is 13.3. The first-order valence-electron chi connectivity index (χ1n) is 9.74. The van der Waals surface area contributed by atoms with Crippen LogP contribution >= 0.6 is 0 Å². The highest BCUT2D eigenvalue weighted by Crippen LogP contribution is 2.42. The largest absolute Gasteiger partial charge is 0.497 e. The predicted octanol–water partition coefficient (Wildman–Crippen LogP) is 4.93. The lowest BCUT2D eigenvalue weighted by Gasteiger charge is -2.25. The number of carbonyl (C=O) groups is 1. The Morgan fingerprint density at radius 3 is 2.41 bits per heavy atom. The number of aryl methyl sites for hydroxylation is 1. The number of carbonyl (C=O) groups excluding carboxylic acids is 1. The molecule has 0 fully saturated rings. The van der Waals surface area contributed by atoms with Gasteiger partial charge in [-0.15, -0.1) is 0 Å². The van der Waals surface area contributed by atoms with Gasteiger partial charge in [0.05, 0.1) is 13.2 Å². The molecule has 5 rings (SSSR count). The number of hydrogen-bond acceptors (Lipinski definition) is 2. The first-order chi connectivity index (χ1) is 14.2. The Morgan fingerprint density at radius 2 is 1.62 bits per heavy atom. The Morgan fingerprint density at radius 1 is 0.897 bits per heavy atom. The van der Waals surface area contributed by atoms with Gasteiger partial charge >= 0.3 is 0 Å². The van der Waals surface area contributed by atoms with Crippen molar-refractivity contribution in [1.82, 2.24) is 9.47 Å². The number of aromatic nitrogens is 1. The lowest BCUT2D eigenvalue weighted by Crippen LogP contribution is -2.28. The number of ether oxygens (including phenoxy) is 1. The smallest absolute Gasteiger partial charge is 0.255 e. The van der Waals surface area contributed by atoms with Gasteiger partial charge in [-0.2, -0.15) is 0 Å². The van der Waals surface area contributed by atoms with Crippen LogP contribution in [0.15, 0.2) is 79.0 Å². The molecule has 2 heterocycles. The lowest BCUT2D eigenvalue weighted by atomic mass is 9.97. The summed E-state index contributed by atoms with van der Waals surface area (Å²) < 4.78 is 7.41. The van der Waals surface area contributed by atoms with Gasteiger partial charge in [-0.05, 0) is 35.4 Å². The molecule has 0 unspecified atom stereocenters. The molecule has 0 bridgehead atoms. The minimum Gasteiger partial charge on any atom is -0.497 e. The summed E-state index contributed by atoms with van der Waals surface area (Å²) in [4.78, 5) is 15.3. The SMILES string of the molecule is COc1ccc(CN2C(=O)c3ccccc3[C@H]2c2cn(C)c3ccccc23)cc1. The summed E-state index contributed by atoms with van der Waals surface area (Å²) in [5.74, 6) is 0.893. The van der Waals surface area contributed by atoms with Gasteiger partial charge in [0.15, 0.2) is 0 Å². The number of para-hydroxylation sites is 1. The second-order valence-corrected chi connectivity index (χ2v) is 7.48. The van der Waals surface area contributed by atoms with Gasteiger partial charge < -0.3 is 14.2 Å². The number of hydrogen-bond donors (Lipinski definition) is 0. The molecule has 4 nitrogen and oxygen atoms in total. The molecule has 4 aromatic rings. The van der Waals surface area contributed by atoms with Gasteiger partial charge in [0.2, 0.25) is 0 Å². The minimum absolute atomic E-state index is 0.0781. The molecule has 0 N–H and O–H groups in total. The summed E-state index contributed by atoms with van der Waals surface area (Å²) in [5, 5.41) is 1.18. The molecule has 0 saturated carbocycles. The summed E-state index contributed by atoms with van der Waals surface area (Å²) in [6.07, 6.45) is 2.16. The fraction of sp³-hybridized carbons (Fsp3) is 0.160. The highest BCUT2D eigenvalue weighted by atomic mass is 16.5. The van der Waals surface area contributed by atoms with Crippen LogP contribution in [-0.4, -0.2) is 22.5 Å². The molecule has 1 aliphatic heterocycles. The van der Waals surface area contributed by atoms with Crippen molar-refractivity contribution in [2.45, 2.75) is 12.6 Å². The van der Waals surface area contributed by atoms with Crippen LogP contribution in [0.25, 0.3) is 10.9 Å². The third kappa shape index (κ3) is 2.80. The fourth-order valence-corrected chi connectivity index (χ4v) is 4.39. The first-order valence-corrected chi connectivity index (χ1v) is 9.74. The fourth-order valence-electron chi connectivity index (χ4n) is 4.39. The average molecular weight is 382 g/mol. The molecule has 1 aromatic heterocycles. The average Bonchev–Trinajstić information content (AvgIpc) is 3.23. The first kappa shape index (κ1) is 17.6. The van der Waals surface area contributed by atoms with E-state index in [0.717, 1.165) is 28.0 Å².